The monoisotopic (exact) mass is 540 g/mol. The van der Waals surface area contributed by atoms with Gasteiger partial charge in [0.25, 0.3) is 0 Å². The lowest BCUT2D eigenvalue weighted by molar-refractivity contribution is -0.141. The molecule has 0 saturated heterocycles. The minimum atomic E-state index is -0.639. The number of aliphatic hydroxyl groups excluding tert-OH is 2. The first kappa shape index (κ1) is 31.6. The smallest absolute Gasteiger partial charge is 0.335 e. The molecule has 0 radical (unpaired) electrons. The van der Waals surface area contributed by atoms with Crippen LogP contribution in [0.3, 0.4) is 0 Å². The maximum absolute atomic E-state index is 11.6. The summed E-state index contributed by atoms with van der Waals surface area (Å²) in [6.45, 7) is 8.68. The predicted molar refractivity (Wildman–Crippen MR) is 150 cm³/mol. The molecule has 0 unspecified atom stereocenters. The number of aliphatic hydroxyl groups is 2. The first-order valence-electron chi connectivity index (χ1n) is 13.3. The van der Waals surface area contributed by atoms with Crippen molar-refractivity contribution in [3.8, 4) is 22.6 Å². The van der Waals surface area contributed by atoms with Gasteiger partial charge in [-0.2, -0.15) is 0 Å². The number of benzene rings is 2. The van der Waals surface area contributed by atoms with E-state index in [1.807, 2.05) is 42.5 Å². The van der Waals surface area contributed by atoms with Gasteiger partial charge in [-0.1, -0.05) is 64.0 Å². The Bertz CT molecular complexity index is 1070. The second kappa shape index (κ2) is 17.8. The van der Waals surface area contributed by atoms with Crippen molar-refractivity contribution in [2.45, 2.75) is 45.4 Å². The Labute approximate surface area is 230 Å². The van der Waals surface area contributed by atoms with Crippen LogP contribution in [-0.2, 0) is 25.5 Å². The number of esters is 2. The third-order valence-electron chi connectivity index (χ3n) is 5.92. The fourth-order valence-corrected chi connectivity index (χ4v) is 3.72. The Morgan fingerprint density at radius 3 is 1.82 bits per heavy atom. The Morgan fingerprint density at radius 2 is 1.26 bits per heavy atom. The predicted octanol–water partition coefficient (Wildman–Crippen LogP) is 4.81. The van der Waals surface area contributed by atoms with Crippen molar-refractivity contribution in [1.82, 2.24) is 0 Å². The number of hydrogen-bond donors (Lipinski definition) is 2. The van der Waals surface area contributed by atoms with E-state index in [0.29, 0.717) is 11.5 Å². The van der Waals surface area contributed by atoms with E-state index in [1.54, 1.807) is 0 Å². The molecule has 2 rings (SSSR count). The van der Waals surface area contributed by atoms with Crippen LogP contribution in [0.15, 0.2) is 66.8 Å². The molecule has 0 bridgehead atoms. The maximum Gasteiger partial charge on any atom is 0.335 e. The van der Waals surface area contributed by atoms with Gasteiger partial charge >= 0.3 is 11.9 Å². The minimum absolute atomic E-state index is 0.00436. The maximum atomic E-state index is 11.6. The third-order valence-corrected chi connectivity index (χ3v) is 5.92. The number of ether oxygens (including phenoxy) is 4. The van der Waals surface area contributed by atoms with E-state index < -0.39 is 25.2 Å². The molecule has 8 heteroatoms. The van der Waals surface area contributed by atoms with Gasteiger partial charge in [-0.3, -0.25) is 0 Å². The van der Waals surface area contributed by atoms with Gasteiger partial charge < -0.3 is 29.2 Å². The molecule has 8 nitrogen and oxygen atoms in total. The highest BCUT2D eigenvalue weighted by molar-refractivity contribution is 5.88. The molecular weight excluding hydrogens is 500 g/mol. The van der Waals surface area contributed by atoms with E-state index in [0.717, 1.165) is 30.4 Å². The summed E-state index contributed by atoms with van der Waals surface area (Å²) in [6.07, 6.45) is 6.77. The second-order valence-corrected chi connectivity index (χ2v) is 9.00. The molecule has 2 aromatic carbocycles. The molecule has 0 fully saturated rings. The van der Waals surface area contributed by atoms with E-state index in [1.165, 1.54) is 24.8 Å². The van der Waals surface area contributed by atoms with Crippen LogP contribution in [0.1, 0.15) is 44.6 Å². The largest absolute Gasteiger partial charge is 0.490 e. The highest BCUT2D eigenvalue weighted by Crippen LogP contribution is 2.30. The average Bonchev–Trinajstić information content (AvgIpc) is 2.96. The summed E-state index contributed by atoms with van der Waals surface area (Å²) < 4.78 is 21.5. The lowest BCUT2D eigenvalue weighted by Gasteiger charge is -2.14. The molecule has 212 valence electrons. The average molecular weight is 541 g/mol. The van der Waals surface area contributed by atoms with Crippen molar-refractivity contribution in [3.63, 3.8) is 0 Å². The van der Waals surface area contributed by atoms with E-state index in [9.17, 15) is 9.59 Å². The molecule has 0 aliphatic heterocycles. The van der Waals surface area contributed by atoms with Crippen LogP contribution in [0.5, 0.6) is 11.5 Å². The summed E-state index contributed by atoms with van der Waals surface area (Å²) in [5.74, 6) is 0.0676. The topological polar surface area (TPSA) is 112 Å². The van der Waals surface area contributed by atoms with Crippen molar-refractivity contribution in [1.29, 1.82) is 0 Å². The van der Waals surface area contributed by atoms with Gasteiger partial charge in [0, 0.05) is 0 Å². The molecule has 2 N–H and O–H groups in total. The molecule has 0 aromatic heterocycles. The van der Waals surface area contributed by atoms with Crippen molar-refractivity contribution < 1.29 is 38.7 Å². The molecule has 0 heterocycles. The van der Waals surface area contributed by atoms with E-state index in [-0.39, 0.29) is 37.6 Å². The fourth-order valence-electron chi connectivity index (χ4n) is 3.72. The highest BCUT2D eigenvalue weighted by atomic mass is 16.6. The molecule has 0 amide bonds. The third kappa shape index (κ3) is 11.3. The number of carbonyl (C=O) groups excluding carboxylic acids is 2. The number of carbonyl (C=O) groups is 2. The number of unbranched alkanes of at least 4 members (excludes halogenated alkanes) is 4. The molecule has 0 atom stereocenters. The van der Waals surface area contributed by atoms with Gasteiger partial charge in [0.15, 0.2) is 0 Å². The second-order valence-electron chi connectivity index (χ2n) is 9.00. The van der Waals surface area contributed by atoms with Crippen molar-refractivity contribution in [2.75, 3.05) is 39.6 Å². The van der Waals surface area contributed by atoms with E-state index in [4.69, 9.17) is 29.2 Å². The first-order valence-corrected chi connectivity index (χ1v) is 13.3. The van der Waals surface area contributed by atoms with Crippen LogP contribution >= 0.6 is 0 Å². The zero-order valence-corrected chi connectivity index (χ0v) is 22.8. The molecule has 0 saturated carbocycles. The van der Waals surface area contributed by atoms with Crippen molar-refractivity contribution >= 4 is 11.9 Å². The molecule has 0 aliphatic rings. The van der Waals surface area contributed by atoms with Crippen LogP contribution in [0.2, 0.25) is 0 Å². The zero-order chi connectivity index (χ0) is 28.5. The summed E-state index contributed by atoms with van der Waals surface area (Å²) in [7, 11) is 0. The van der Waals surface area contributed by atoms with Gasteiger partial charge in [0.05, 0.1) is 24.4 Å². The summed E-state index contributed by atoms with van der Waals surface area (Å²) in [4.78, 5) is 23.1. The SMILES string of the molecule is C=C(CO)C(=O)OCCOc1ccc(-c2ccc(OCCOC(=O)C(=C)CO)cc2CCCCCCC)cc1. The molecule has 2 aromatic rings. The zero-order valence-electron chi connectivity index (χ0n) is 22.8. The van der Waals surface area contributed by atoms with Gasteiger partial charge in [-0.15, -0.1) is 0 Å². The molecular formula is C31H40O8. The van der Waals surface area contributed by atoms with Crippen molar-refractivity contribution in [2.24, 2.45) is 0 Å². The number of rotatable bonds is 19. The molecule has 39 heavy (non-hydrogen) atoms. The van der Waals surface area contributed by atoms with Gasteiger partial charge in [-0.05, 0) is 53.8 Å². The van der Waals surface area contributed by atoms with Crippen LogP contribution < -0.4 is 9.47 Å². The molecule has 0 spiro atoms. The van der Waals surface area contributed by atoms with Crippen LogP contribution in [0.4, 0.5) is 0 Å². The first-order chi connectivity index (χ1) is 18.9. The molecule has 0 aliphatic carbocycles. The Balaban J connectivity index is 2.01. The highest BCUT2D eigenvalue weighted by Gasteiger charge is 2.11. The summed E-state index contributed by atoms with van der Waals surface area (Å²) in [5.41, 5.74) is 3.32. The van der Waals surface area contributed by atoms with Crippen LogP contribution in [-0.4, -0.2) is 61.8 Å². The van der Waals surface area contributed by atoms with Crippen LogP contribution in [0.25, 0.3) is 11.1 Å². The standard InChI is InChI=1S/C31H40O8/c1-4-5-6-7-8-9-26-20-28(37-17-19-39-31(35)24(3)22-33)14-15-29(26)25-10-12-27(13-11-25)36-16-18-38-30(34)23(2)21-32/h10-15,20,32-33H,2-9,16-19,21-22H2,1H3. The van der Waals surface area contributed by atoms with Crippen molar-refractivity contribution in [3.05, 3.63) is 72.3 Å². The minimum Gasteiger partial charge on any atom is -0.490 e. The Hall–Kier alpha value is -3.62. The van der Waals surface area contributed by atoms with Crippen LogP contribution in [0, 0.1) is 0 Å². The quantitative estimate of drug-likeness (QED) is 0.148. The number of hydrogen-bond acceptors (Lipinski definition) is 8. The van der Waals surface area contributed by atoms with E-state index in [2.05, 4.69) is 20.1 Å². The van der Waals surface area contributed by atoms with E-state index >= 15 is 0 Å². The van der Waals surface area contributed by atoms with Gasteiger partial charge in [-0.25, -0.2) is 9.59 Å². The lowest BCUT2D eigenvalue weighted by Crippen LogP contribution is -2.15. The summed E-state index contributed by atoms with van der Waals surface area (Å²) >= 11 is 0. The summed E-state index contributed by atoms with van der Waals surface area (Å²) in [5, 5.41) is 17.9. The summed E-state index contributed by atoms with van der Waals surface area (Å²) in [6, 6.07) is 13.7. The Kier molecular flexibility index (Phi) is 14.4. The fraction of sp³-hybridized carbons (Fsp3) is 0.419. The van der Waals surface area contributed by atoms with Gasteiger partial charge in [0.2, 0.25) is 0 Å². The lowest BCUT2D eigenvalue weighted by atomic mass is 9.95. The number of aryl methyl sites for hydroxylation is 1. The van der Waals surface area contributed by atoms with Gasteiger partial charge in [0.1, 0.15) is 37.9 Å². The normalized spacial score (nSPS) is 10.5. The Morgan fingerprint density at radius 1 is 0.718 bits per heavy atom.